The molecule has 0 atom stereocenters. The van der Waals surface area contributed by atoms with E-state index in [1.165, 1.54) is 0 Å². The Bertz CT molecular complexity index is 756. The number of carbonyl (C=O) groups is 2. The van der Waals surface area contributed by atoms with Crippen LogP contribution in [0.1, 0.15) is 21.7 Å². The third-order valence-electron chi connectivity index (χ3n) is 4.00. The monoisotopic (exact) mass is 376 g/mol. The molecule has 0 aliphatic carbocycles. The third kappa shape index (κ3) is 4.77. The van der Waals surface area contributed by atoms with Crippen molar-refractivity contribution in [2.24, 2.45) is 0 Å². The molecule has 0 spiro atoms. The number of nitrogens with zero attached hydrogens (tertiary/aromatic N) is 3. The first-order valence-corrected chi connectivity index (χ1v) is 9.01. The molecule has 0 bridgehead atoms. The largest absolute Gasteiger partial charge is 0.487 e. The molecule has 138 valence electrons. The van der Waals surface area contributed by atoms with Crippen molar-refractivity contribution in [3.63, 3.8) is 0 Å². The van der Waals surface area contributed by atoms with Crippen LogP contribution in [0.25, 0.3) is 0 Å². The second-order valence-corrected chi connectivity index (χ2v) is 6.31. The minimum absolute atomic E-state index is 0.0206. The molecule has 1 aliphatic heterocycles. The van der Waals surface area contributed by atoms with Gasteiger partial charge in [-0.25, -0.2) is 0 Å². The number of morpholine rings is 1. The molecule has 3 rings (SSSR count). The average Bonchev–Trinajstić information content (AvgIpc) is 3.10. The molecule has 0 saturated carbocycles. The van der Waals surface area contributed by atoms with Crippen molar-refractivity contribution in [3.05, 3.63) is 41.2 Å². The molecule has 1 saturated heterocycles. The molecule has 1 aliphatic rings. The Balaban J connectivity index is 1.47. The van der Waals surface area contributed by atoms with E-state index in [0.717, 1.165) is 23.1 Å². The van der Waals surface area contributed by atoms with Crippen LogP contribution in [-0.4, -0.2) is 58.3 Å². The van der Waals surface area contributed by atoms with Crippen molar-refractivity contribution < 1.29 is 19.1 Å². The Hall–Kier alpha value is -2.52. The number of carbonyl (C=O) groups excluding carboxylic acids is 2. The van der Waals surface area contributed by atoms with Gasteiger partial charge in [-0.05, 0) is 31.2 Å². The summed E-state index contributed by atoms with van der Waals surface area (Å²) in [5.74, 6) is 0.241. The number of ether oxygens (including phenoxy) is 2. The lowest BCUT2D eigenvalue weighted by Crippen LogP contribution is -2.45. The lowest BCUT2D eigenvalue weighted by Gasteiger charge is -2.26. The van der Waals surface area contributed by atoms with Gasteiger partial charge in [0, 0.05) is 18.7 Å². The molecule has 8 nitrogen and oxygen atoms in total. The van der Waals surface area contributed by atoms with Crippen LogP contribution in [0.2, 0.25) is 0 Å². The zero-order chi connectivity index (χ0) is 18.4. The molecule has 2 amide bonds. The highest BCUT2D eigenvalue weighted by atomic mass is 32.1. The predicted octanol–water partition coefficient (Wildman–Crippen LogP) is 1.01. The Morgan fingerprint density at radius 3 is 2.62 bits per heavy atom. The summed E-state index contributed by atoms with van der Waals surface area (Å²) in [5, 5.41) is 2.65. The molecule has 0 unspecified atom stereocenters. The maximum absolute atomic E-state index is 12.2. The van der Waals surface area contributed by atoms with E-state index in [1.54, 1.807) is 29.2 Å². The van der Waals surface area contributed by atoms with Gasteiger partial charge in [-0.15, -0.1) is 0 Å². The lowest BCUT2D eigenvalue weighted by atomic mass is 10.2. The van der Waals surface area contributed by atoms with Crippen LogP contribution in [0.3, 0.4) is 0 Å². The number of aryl methyl sites for hydroxylation is 1. The van der Waals surface area contributed by atoms with Gasteiger partial charge in [0.1, 0.15) is 18.1 Å². The summed E-state index contributed by atoms with van der Waals surface area (Å²) in [5.41, 5.74) is 2.13. The normalized spacial score (nSPS) is 14.1. The van der Waals surface area contributed by atoms with Crippen molar-refractivity contribution >= 4 is 23.5 Å². The molecule has 1 fully saturated rings. The van der Waals surface area contributed by atoms with Crippen LogP contribution in [0.5, 0.6) is 5.75 Å². The van der Waals surface area contributed by atoms with Crippen LogP contribution in [-0.2, 0) is 16.1 Å². The molecule has 9 heteroatoms. The molecule has 2 aromatic rings. The first kappa shape index (κ1) is 18.3. The van der Waals surface area contributed by atoms with Crippen molar-refractivity contribution in [1.82, 2.24) is 19.0 Å². The highest BCUT2D eigenvalue weighted by molar-refractivity contribution is 6.99. The van der Waals surface area contributed by atoms with Crippen LogP contribution >= 0.6 is 11.7 Å². The quantitative estimate of drug-likeness (QED) is 0.809. The van der Waals surface area contributed by atoms with Crippen LogP contribution < -0.4 is 10.1 Å². The van der Waals surface area contributed by atoms with Crippen molar-refractivity contribution in [1.29, 1.82) is 0 Å². The molecule has 1 aromatic carbocycles. The van der Waals surface area contributed by atoms with Gasteiger partial charge in [0.15, 0.2) is 0 Å². The second-order valence-electron chi connectivity index (χ2n) is 5.79. The summed E-state index contributed by atoms with van der Waals surface area (Å²) < 4.78 is 19.1. The van der Waals surface area contributed by atoms with Gasteiger partial charge in [-0.2, -0.15) is 8.75 Å². The Labute approximate surface area is 155 Å². The first-order chi connectivity index (χ1) is 12.6. The van der Waals surface area contributed by atoms with Gasteiger partial charge >= 0.3 is 0 Å². The maximum atomic E-state index is 12.2. The Kier molecular flexibility index (Phi) is 6.13. The van der Waals surface area contributed by atoms with E-state index in [0.29, 0.717) is 44.2 Å². The van der Waals surface area contributed by atoms with Crippen molar-refractivity contribution in [2.75, 3.05) is 32.8 Å². The number of benzene rings is 1. The molecule has 2 heterocycles. The zero-order valence-electron chi connectivity index (χ0n) is 14.4. The van der Waals surface area contributed by atoms with Gasteiger partial charge in [0.2, 0.25) is 5.91 Å². The summed E-state index contributed by atoms with van der Waals surface area (Å²) in [7, 11) is 0. The van der Waals surface area contributed by atoms with Gasteiger partial charge in [-0.3, -0.25) is 9.59 Å². The standard InChI is InChI=1S/C17H20N4O4S/c1-12-15(20-26-19-12)11-25-14-4-2-13(3-5-14)17(23)18-10-16(22)21-6-8-24-9-7-21/h2-5H,6-11H2,1H3,(H,18,23). The summed E-state index contributed by atoms with van der Waals surface area (Å²) >= 11 is 1.15. The van der Waals surface area contributed by atoms with E-state index in [4.69, 9.17) is 9.47 Å². The van der Waals surface area contributed by atoms with E-state index in [9.17, 15) is 9.59 Å². The summed E-state index contributed by atoms with van der Waals surface area (Å²) in [6, 6.07) is 6.76. The lowest BCUT2D eigenvalue weighted by molar-refractivity contribution is -0.134. The fraction of sp³-hybridized carbons (Fsp3) is 0.412. The Morgan fingerprint density at radius 2 is 1.96 bits per heavy atom. The number of nitrogens with one attached hydrogen (secondary N) is 1. The second kappa shape index (κ2) is 8.72. The number of aromatic nitrogens is 2. The number of amides is 2. The van der Waals surface area contributed by atoms with E-state index in [1.807, 2.05) is 6.92 Å². The Morgan fingerprint density at radius 1 is 1.23 bits per heavy atom. The number of hydrogen-bond acceptors (Lipinski definition) is 7. The van der Waals surface area contributed by atoms with Gasteiger partial charge in [0.25, 0.3) is 5.91 Å². The topological polar surface area (TPSA) is 93.7 Å². The molecule has 0 radical (unpaired) electrons. The molecule has 1 N–H and O–H groups in total. The van der Waals surface area contributed by atoms with Gasteiger partial charge in [0.05, 0.1) is 37.2 Å². The number of rotatable bonds is 6. The molecule has 26 heavy (non-hydrogen) atoms. The summed E-state index contributed by atoms with van der Waals surface area (Å²) in [6.07, 6.45) is 0. The van der Waals surface area contributed by atoms with E-state index < -0.39 is 0 Å². The van der Waals surface area contributed by atoms with Crippen molar-refractivity contribution in [3.8, 4) is 5.75 Å². The van der Waals surface area contributed by atoms with Crippen molar-refractivity contribution in [2.45, 2.75) is 13.5 Å². The molecule has 1 aromatic heterocycles. The highest BCUT2D eigenvalue weighted by Gasteiger charge is 2.17. The van der Waals surface area contributed by atoms with Crippen LogP contribution in [0.15, 0.2) is 24.3 Å². The maximum Gasteiger partial charge on any atom is 0.251 e. The summed E-state index contributed by atoms with van der Waals surface area (Å²) in [6.45, 7) is 4.40. The van der Waals surface area contributed by atoms with Gasteiger partial charge < -0.3 is 19.7 Å². The minimum Gasteiger partial charge on any atom is -0.487 e. The van der Waals surface area contributed by atoms with E-state index in [-0.39, 0.29) is 18.4 Å². The van der Waals surface area contributed by atoms with E-state index >= 15 is 0 Å². The van der Waals surface area contributed by atoms with Crippen LogP contribution in [0.4, 0.5) is 0 Å². The fourth-order valence-corrected chi connectivity index (χ4v) is 2.97. The molecular weight excluding hydrogens is 356 g/mol. The number of hydrogen-bond donors (Lipinski definition) is 1. The van der Waals surface area contributed by atoms with Gasteiger partial charge in [-0.1, -0.05) is 0 Å². The molecular formula is C17H20N4O4S. The SMILES string of the molecule is Cc1nsnc1COc1ccc(C(=O)NCC(=O)N2CCOCC2)cc1. The summed E-state index contributed by atoms with van der Waals surface area (Å²) in [4.78, 5) is 25.9. The van der Waals surface area contributed by atoms with Crippen LogP contribution in [0, 0.1) is 6.92 Å². The third-order valence-corrected chi connectivity index (χ3v) is 4.66. The highest BCUT2D eigenvalue weighted by Crippen LogP contribution is 2.15. The fourth-order valence-electron chi connectivity index (χ4n) is 2.42. The minimum atomic E-state index is -0.294. The first-order valence-electron chi connectivity index (χ1n) is 8.28. The average molecular weight is 376 g/mol. The predicted molar refractivity (Wildman–Crippen MR) is 95.2 cm³/mol. The van der Waals surface area contributed by atoms with E-state index in [2.05, 4.69) is 14.1 Å². The smallest absolute Gasteiger partial charge is 0.251 e. The zero-order valence-corrected chi connectivity index (χ0v) is 15.3.